The Morgan fingerprint density at radius 1 is 0.474 bits per heavy atom. The number of benzene rings is 4. The summed E-state index contributed by atoms with van der Waals surface area (Å²) in [6.07, 6.45) is 0. The van der Waals surface area contributed by atoms with Crippen LogP contribution in [0.5, 0.6) is 11.5 Å². The molecule has 0 bridgehead atoms. The fourth-order valence-electron chi connectivity index (χ4n) is 3.19. The van der Waals surface area contributed by atoms with Crippen molar-refractivity contribution in [2.45, 2.75) is 0 Å². The number of aromatic carboxylic acids is 2. The average Bonchev–Trinajstić information content (AvgIpc) is 2.88. The van der Waals surface area contributed by atoms with Gasteiger partial charge in [-0.3, -0.25) is 0 Å². The van der Waals surface area contributed by atoms with Crippen molar-refractivity contribution in [3.63, 3.8) is 0 Å². The average molecular weight is 530 g/mol. The van der Waals surface area contributed by atoms with Crippen molar-refractivity contribution in [2.24, 2.45) is 20.5 Å². The van der Waals surface area contributed by atoms with Crippen molar-refractivity contribution < 1.29 is 30.0 Å². The van der Waals surface area contributed by atoms with Crippen LogP contribution in [0.25, 0.3) is 11.1 Å². The van der Waals surface area contributed by atoms with Gasteiger partial charge in [-0.1, -0.05) is 24.3 Å². The zero-order valence-corrected chi connectivity index (χ0v) is 18.5. The van der Waals surface area contributed by atoms with Crippen molar-refractivity contribution >= 4 is 93.8 Å². The van der Waals surface area contributed by atoms with Gasteiger partial charge in [0.25, 0.3) is 0 Å². The summed E-state index contributed by atoms with van der Waals surface area (Å²) in [4.78, 5) is 22.2. The molecule has 38 heavy (non-hydrogen) atoms. The third-order valence-electron chi connectivity index (χ3n) is 5.05. The van der Waals surface area contributed by atoms with E-state index in [1.165, 1.54) is 36.4 Å². The first-order chi connectivity index (χ1) is 17.3. The Morgan fingerprint density at radius 3 is 1.08 bits per heavy atom. The Balaban J connectivity index is 0.00000253. The molecule has 4 rings (SSSR count). The van der Waals surface area contributed by atoms with E-state index in [0.717, 1.165) is 11.1 Å². The van der Waals surface area contributed by atoms with Crippen molar-refractivity contribution in [3.05, 3.63) is 96.1 Å². The molecule has 10 nitrogen and oxygen atoms in total. The van der Waals surface area contributed by atoms with Gasteiger partial charge in [0.1, 0.15) is 22.6 Å². The summed E-state index contributed by atoms with van der Waals surface area (Å²) in [6, 6.07) is 22.4. The van der Waals surface area contributed by atoms with Crippen LogP contribution >= 0.6 is 0 Å². The molecule has 0 amide bonds. The summed E-state index contributed by atoms with van der Waals surface area (Å²) in [5.41, 5.74) is 3.04. The van der Waals surface area contributed by atoms with Crippen LogP contribution in [0.15, 0.2) is 105 Å². The Bertz CT molecular complexity index is 1390. The van der Waals surface area contributed by atoms with E-state index in [9.17, 15) is 19.8 Å². The first-order valence-electron chi connectivity index (χ1n) is 10.5. The molecular formula is C26H20N4Na2O6. The SMILES string of the molecule is O=C(O)c1cc(/N=N/c2ccc(-c3ccc(/N=N/c4ccc(O)c(C(=O)O)c4)cc3)cc2)ccc1O.[NaH].[NaH]. The molecular weight excluding hydrogens is 510 g/mol. The van der Waals surface area contributed by atoms with Crippen LogP contribution in [0.3, 0.4) is 0 Å². The number of azo groups is 2. The molecule has 4 aromatic rings. The molecule has 0 saturated carbocycles. The van der Waals surface area contributed by atoms with Crippen LogP contribution in [0.2, 0.25) is 0 Å². The normalized spacial score (nSPS) is 10.6. The molecule has 0 spiro atoms. The molecule has 0 aliphatic carbocycles. The van der Waals surface area contributed by atoms with Gasteiger partial charge in [0, 0.05) is 0 Å². The van der Waals surface area contributed by atoms with Crippen molar-refractivity contribution in [3.8, 4) is 22.6 Å². The van der Waals surface area contributed by atoms with E-state index in [-0.39, 0.29) is 81.7 Å². The molecule has 4 N–H and O–H groups in total. The zero-order valence-electron chi connectivity index (χ0n) is 18.5. The van der Waals surface area contributed by atoms with Gasteiger partial charge < -0.3 is 20.4 Å². The van der Waals surface area contributed by atoms with E-state index < -0.39 is 11.9 Å². The minimum absolute atomic E-state index is 0. The van der Waals surface area contributed by atoms with E-state index in [1.807, 2.05) is 24.3 Å². The second-order valence-electron chi connectivity index (χ2n) is 7.51. The van der Waals surface area contributed by atoms with Gasteiger partial charge in [-0.15, -0.1) is 0 Å². The third-order valence-corrected chi connectivity index (χ3v) is 5.05. The van der Waals surface area contributed by atoms with Crippen LogP contribution in [-0.4, -0.2) is 91.5 Å². The second-order valence-corrected chi connectivity index (χ2v) is 7.51. The van der Waals surface area contributed by atoms with E-state index in [0.29, 0.717) is 22.7 Å². The minimum atomic E-state index is -1.26. The maximum absolute atomic E-state index is 11.1. The van der Waals surface area contributed by atoms with Crippen LogP contribution < -0.4 is 0 Å². The van der Waals surface area contributed by atoms with E-state index >= 15 is 0 Å². The Hall–Kier alpha value is -3.38. The Kier molecular flexibility index (Phi) is 11.3. The number of carboxylic acids is 2. The fourth-order valence-corrected chi connectivity index (χ4v) is 3.19. The van der Waals surface area contributed by atoms with Gasteiger partial charge in [0.05, 0.1) is 22.7 Å². The van der Waals surface area contributed by atoms with Gasteiger partial charge in [-0.05, 0) is 71.8 Å². The second kappa shape index (κ2) is 14.0. The number of hydrogen-bond donors (Lipinski definition) is 4. The molecule has 0 unspecified atom stereocenters. The molecule has 0 aromatic heterocycles. The number of hydrogen-bond acceptors (Lipinski definition) is 8. The molecule has 182 valence electrons. The number of carbonyl (C=O) groups is 2. The first-order valence-corrected chi connectivity index (χ1v) is 10.5. The van der Waals surface area contributed by atoms with E-state index in [4.69, 9.17) is 10.2 Å². The van der Waals surface area contributed by atoms with Gasteiger partial charge in [0.15, 0.2) is 0 Å². The van der Waals surface area contributed by atoms with Gasteiger partial charge in [-0.2, -0.15) is 20.5 Å². The van der Waals surface area contributed by atoms with Gasteiger partial charge in [-0.25, -0.2) is 9.59 Å². The summed E-state index contributed by atoms with van der Waals surface area (Å²) in [6.45, 7) is 0. The van der Waals surface area contributed by atoms with Crippen LogP contribution in [-0.2, 0) is 0 Å². The molecule has 0 aliphatic heterocycles. The number of carboxylic acid groups (broad SMARTS) is 2. The predicted octanol–water partition coefficient (Wildman–Crippen LogP) is 5.70. The zero-order chi connectivity index (χ0) is 25.7. The van der Waals surface area contributed by atoms with Crippen molar-refractivity contribution in [1.82, 2.24) is 0 Å². The molecule has 0 radical (unpaired) electrons. The van der Waals surface area contributed by atoms with Gasteiger partial charge in [0.2, 0.25) is 0 Å². The van der Waals surface area contributed by atoms with E-state index in [1.54, 1.807) is 24.3 Å². The van der Waals surface area contributed by atoms with Crippen molar-refractivity contribution in [1.29, 1.82) is 0 Å². The number of aromatic hydroxyl groups is 2. The molecule has 4 aromatic carbocycles. The van der Waals surface area contributed by atoms with Gasteiger partial charge >= 0.3 is 71.1 Å². The molecule has 0 fully saturated rings. The van der Waals surface area contributed by atoms with E-state index in [2.05, 4.69) is 20.5 Å². The quantitative estimate of drug-likeness (QED) is 0.177. The predicted molar refractivity (Wildman–Crippen MR) is 145 cm³/mol. The molecule has 0 atom stereocenters. The Morgan fingerprint density at radius 2 is 0.763 bits per heavy atom. The van der Waals surface area contributed by atoms with Crippen molar-refractivity contribution in [2.75, 3.05) is 0 Å². The molecule has 0 heterocycles. The van der Waals surface area contributed by atoms with Crippen LogP contribution in [0, 0.1) is 0 Å². The Labute approximate surface area is 261 Å². The number of rotatable bonds is 7. The monoisotopic (exact) mass is 530 g/mol. The first kappa shape index (κ1) is 30.8. The summed E-state index contributed by atoms with van der Waals surface area (Å²) in [7, 11) is 0. The third kappa shape index (κ3) is 7.81. The standard InChI is InChI=1S/C26H18N4O6.2Na.2H/c31-23-11-9-19(13-21(23)25(33)34)29-27-17-5-1-15(2-6-17)16-3-7-18(8-4-16)28-30-20-10-12-24(32)22(14-20)26(35)36;;;;/h1-14,31-32H,(H,33,34)(H,35,36);;;;/b29-27+,30-28+;;;;. The summed E-state index contributed by atoms with van der Waals surface area (Å²) < 4.78 is 0. The summed E-state index contributed by atoms with van der Waals surface area (Å²) >= 11 is 0. The summed E-state index contributed by atoms with van der Waals surface area (Å²) in [5.74, 6) is -3.19. The maximum atomic E-state index is 11.1. The van der Waals surface area contributed by atoms with Crippen LogP contribution in [0.1, 0.15) is 20.7 Å². The summed E-state index contributed by atoms with van der Waals surface area (Å²) in [5, 5.41) is 53.6. The molecule has 12 heteroatoms. The molecule has 0 aliphatic rings. The topological polar surface area (TPSA) is 164 Å². The fraction of sp³-hybridized carbons (Fsp3) is 0. The number of nitrogens with zero attached hydrogens (tertiary/aromatic N) is 4. The number of phenols is 2. The molecule has 0 saturated heterocycles. The van der Waals surface area contributed by atoms with Crippen LogP contribution in [0.4, 0.5) is 22.7 Å².